The van der Waals surface area contributed by atoms with Crippen LogP contribution in [-0.2, 0) is 0 Å². The van der Waals surface area contributed by atoms with E-state index >= 15 is 0 Å². The van der Waals surface area contributed by atoms with Crippen LogP contribution in [0, 0.1) is 0 Å². The van der Waals surface area contributed by atoms with Crippen LogP contribution in [0.5, 0.6) is 17.2 Å². The van der Waals surface area contributed by atoms with Gasteiger partial charge in [0, 0.05) is 11.1 Å². The van der Waals surface area contributed by atoms with Gasteiger partial charge in [-0.05, 0) is 48.5 Å². The van der Waals surface area contributed by atoms with Gasteiger partial charge in [0.15, 0.2) is 17.3 Å². The standard InChI is InChI=1S/C20H18O5/c1-22-17-8-6-13(16-5-4-10-25-16)11-15(17)20(21)14-7-9-18(23-2)19(12-14)24-3/h4-12H,1-3H3. The number of hydrogen-bond acceptors (Lipinski definition) is 5. The minimum atomic E-state index is -0.175. The molecule has 2 aromatic carbocycles. The second-order valence-corrected chi connectivity index (χ2v) is 5.29. The summed E-state index contributed by atoms with van der Waals surface area (Å²) in [6.45, 7) is 0. The molecule has 0 N–H and O–H groups in total. The Bertz CT molecular complexity index is 881. The van der Waals surface area contributed by atoms with Crippen molar-refractivity contribution in [1.29, 1.82) is 0 Å². The van der Waals surface area contributed by atoms with Gasteiger partial charge in [0.05, 0.1) is 33.2 Å². The van der Waals surface area contributed by atoms with Crippen LogP contribution in [0.25, 0.3) is 11.3 Å². The Morgan fingerprint density at radius 2 is 1.56 bits per heavy atom. The highest BCUT2D eigenvalue weighted by Crippen LogP contribution is 2.32. The predicted molar refractivity (Wildman–Crippen MR) is 93.7 cm³/mol. The van der Waals surface area contributed by atoms with Gasteiger partial charge in [-0.3, -0.25) is 4.79 Å². The summed E-state index contributed by atoms with van der Waals surface area (Å²) in [6.07, 6.45) is 1.59. The molecule has 0 spiro atoms. The third kappa shape index (κ3) is 3.21. The Labute approximate surface area is 145 Å². The van der Waals surface area contributed by atoms with E-state index in [1.807, 2.05) is 12.1 Å². The SMILES string of the molecule is COc1ccc(C(=O)c2cc(-c3ccco3)ccc2OC)cc1OC. The molecule has 0 bridgehead atoms. The molecule has 1 aromatic heterocycles. The fourth-order valence-corrected chi connectivity index (χ4v) is 2.61. The Balaban J connectivity index is 2.05. The van der Waals surface area contributed by atoms with E-state index < -0.39 is 0 Å². The summed E-state index contributed by atoms with van der Waals surface area (Å²) in [6, 6.07) is 14.1. The van der Waals surface area contributed by atoms with Crippen molar-refractivity contribution < 1.29 is 23.4 Å². The molecule has 3 aromatic rings. The van der Waals surface area contributed by atoms with Crippen molar-refractivity contribution in [3.63, 3.8) is 0 Å². The summed E-state index contributed by atoms with van der Waals surface area (Å²) in [5.74, 6) is 2.06. The van der Waals surface area contributed by atoms with E-state index in [0.717, 1.165) is 5.56 Å². The third-order valence-electron chi connectivity index (χ3n) is 3.90. The van der Waals surface area contributed by atoms with Crippen molar-refractivity contribution in [3.05, 3.63) is 65.9 Å². The molecule has 128 valence electrons. The van der Waals surface area contributed by atoms with E-state index in [-0.39, 0.29) is 5.78 Å². The van der Waals surface area contributed by atoms with Crippen molar-refractivity contribution in [2.75, 3.05) is 21.3 Å². The van der Waals surface area contributed by atoms with Crippen molar-refractivity contribution in [2.24, 2.45) is 0 Å². The highest BCUT2D eigenvalue weighted by atomic mass is 16.5. The Hall–Kier alpha value is -3.21. The lowest BCUT2D eigenvalue weighted by Crippen LogP contribution is -2.05. The number of hydrogen-bond donors (Lipinski definition) is 0. The number of benzene rings is 2. The molecule has 5 heteroatoms. The second kappa shape index (κ2) is 7.13. The summed E-state index contributed by atoms with van der Waals surface area (Å²) in [5, 5.41) is 0. The summed E-state index contributed by atoms with van der Waals surface area (Å²) in [7, 11) is 4.62. The van der Waals surface area contributed by atoms with Gasteiger partial charge in [-0.1, -0.05) is 0 Å². The zero-order chi connectivity index (χ0) is 17.8. The number of carbonyl (C=O) groups excluding carboxylic acids is 1. The summed E-state index contributed by atoms with van der Waals surface area (Å²) in [4.78, 5) is 13.0. The van der Waals surface area contributed by atoms with Crippen LogP contribution in [0.4, 0.5) is 0 Å². The molecular formula is C20H18O5. The predicted octanol–water partition coefficient (Wildman–Crippen LogP) is 4.20. The van der Waals surface area contributed by atoms with Gasteiger partial charge in [0.1, 0.15) is 11.5 Å². The maximum atomic E-state index is 13.0. The fourth-order valence-electron chi connectivity index (χ4n) is 2.61. The van der Waals surface area contributed by atoms with Crippen LogP contribution < -0.4 is 14.2 Å². The summed E-state index contributed by atoms with van der Waals surface area (Å²) < 4.78 is 21.3. The molecule has 5 nitrogen and oxygen atoms in total. The van der Waals surface area contributed by atoms with E-state index in [0.29, 0.717) is 34.1 Å². The fraction of sp³-hybridized carbons (Fsp3) is 0.150. The van der Waals surface area contributed by atoms with E-state index in [2.05, 4.69) is 0 Å². The average molecular weight is 338 g/mol. The maximum absolute atomic E-state index is 13.0. The van der Waals surface area contributed by atoms with Gasteiger partial charge in [0.25, 0.3) is 0 Å². The monoisotopic (exact) mass is 338 g/mol. The molecule has 0 aliphatic heterocycles. The van der Waals surface area contributed by atoms with E-state index in [9.17, 15) is 4.79 Å². The smallest absolute Gasteiger partial charge is 0.196 e. The first kappa shape index (κ1) is 16.6. The first-order chi connectivity index (χ1) is 12.2. The first-order valence-electron chi connectivity index (χ1n) is 7.66. The van der Waals surface area contributed by atoms with E-state index in [4.69, 9.17) is 18.6 Å². The Morgan fingerprint density at radius 1 is 0.840 bits per heavy atom. The van der Waals surface area contributed by atoms with Crippen LogP contribution in [0.2, 0.25) is 0 Å². The molecule has 0 aliphatic rings. The lowest BCUT2D eigenvalue weighted by Gasteiger charge is -2.12. The van der Waals surface area contributed by atoms with Crippen molar-refractivity contribution in [1.82, 2.24) is 0 Å². The summed E-state index contributed by atoms with van der Waals surface area (Å²) >= 11 is 0. The molecule has 0 saturated carbocycles. The lowest BCUT2D eigenvalue weighted by atomic mass is 9.99. The summed E-state index contributed by atoms with van der Waals surface area (Å²) in [5.41, 5.74) is 1.73. The molecule has 0 aliphatic carbocycles. The van der Waals surface area contributed by atoms with Gasteiger partial charge in [-0.25, -0.2) is 0 Å². The van der Waals surface area contributed by atoms with Crippen LogP contribution in [0.1, 0.15) is 15.9 Å². The van der Waals surface area contributed by atoms with Gasteiger partial charge >= 0.3 is 0 Å². The third-order valence-corrected chi connectivity index (χ3v) is 3.90. The molecule has 0 amide bonds. The molecule has 0 unspecified atom stereocenters. The molecule has 0 fully saturated rings. The van der Waals surface area contributed by atoms with Crippen LogP contribution in [0.15, 0.2) is 59.2 Å². The Kier molecular flexibility index (Phi) is 4.75. The largest absolute Gasteiger partial charge is 0.496 e. The number of methoxy groups -OCH3 is 3. The van der Waals surface area contributed by atoms with Gasteiger partial charge in [-0.2, -0.15) is 0 Å². The number of ketones is 1. The number of furan rings is 1. The molecule has 0 radical (unpaired) electrons. The van der Waals surface area contributed by atoms with Crippen molar-refractivity contribution in [2.45, 2.75) is 0 Å². The number of carbonyl (C=O) groups is 1. The normalized spacial score (nSPS) is 10.4. The molecule has 1 heterocycles. The van der Waals surface area contributed by atoms with Gasteiger partial charge in [0.2, 0.25) is 0 Å². The van der Waals surface area contributed by atoms with E-state index in [1.54, 1.807) is 49.8 Å². The van der Waals surface area contributed by atoms with Crippen LogP contribution >= 0.6 is 0 Å². The minimum Gasteiger partial charge on any atom is -0.496 e. The van der Waals surface area contributed by atoms with Crippen molar-refractivity contribution in [3.8, 4) is 28.6 Å². The minimum absolute atomic E-state index is 0.175. The average Bonchev–Trinajstić information content (AvgIpc) is 3.21. The van der Waals surface area contributed by atoms with Gasteiger partial charge < -0.3 is 18.6 Å². The molecular weight excluding hydrogens is 320 g/mol. The molecule has 3 rings (SSSR count). The molecule has 25 heavy (non-hydrogen) atoms. The quantitative estimate of drug-likeness (QED) is 0.630. The number of rotatable bonds is 6. The first-order valence-corrected chi connectivity index (χ1v) is 7.66. The zero-order valence-electron chi connectivity index (χ0n) is 14.2. The highest BCUT2D eigenvalue weighted by molar-refractivity contribution is 6.11. The Morgan fingerprint density at radius 3 is 2.20 bits per heavy atom. The van der Waals surface area contributed by atoms with E-state index in [1.165, 1.54) is 14.2 Å². The number of ether oxygens (including phenoxy) is 3. The molecule has 0 saturated heterocycles. The second-order valence-electron chi connectivity index (χ2n) is 5.29. The van der Waals surface area contributed by atoms with Crippen LogP contribution in [0.3, 0.4) is 0 Å². The van der Waals surface area contributed by atoms with Crippen LogP contribution in [-0.4, -0.2) is 27.1 Å². The maximum Gasteiger partial charge on any atom is 0.196 e. The molecule has 0 atom stereocenters. The van der Waals surface area contributed by atoms with Gasteiger partial charge in [-0.15, -0.1) is 0 Å². The highest BCUT2D eigenvalue weighted by Gasteiger charge is 2.18. The zero-order valence-corrected chi connectivity index (χ0v) is 14.2. The lowest BCUT2D eigenvalue weighted by molar-refractivity contribution is 0.103. The topological polar surface area (TPSA) is 57.9 Å². The van der Waals surface area contributed by atoms with Crippen molar-refractivity contribution >= 4 is 5.78 Å².